The number of fused-ring (bicyclic) bond motifs is 10. The second-order valence-electron chi connectivity index (χ2n) is 27.5. The molecular weight excluding hydrogens is 1240 g/mol. The molecule has 2 unspecified atom stereocenters. The van der Waals surface area contributed by atoms with E-state index in [0.717, 1.165) is 11.1 Å². The topological polar surface area (TPSA) is 467 Å². The number of carbonyl (C=O) groups is 7. The Morgan fingerprint density at radius 1 is 0.747 bits per heavy atom. The van der Waals surface area contributed by atoms with Crippen LogP contribution in [0.4, 0.5) is 0 Å². The monoisotopic (exact) mass is 1330 g/mol. The largest absolute Gasteiger partial charge is 0.685 e. The van der Waals surface area contributed by atoms with Crippen LogP contribution in [0.5, 0.6) is 0 Å². The van der Waals surface area contributed by atoms with Gasteiger partial charge in [-0.05, 0) is 129 Å². The van der Waals surface area contributed by atoms with E-state index in [9.17, 15) is 53.2 Å². The van der Waals surface area contributed by atoms with E-state index in [1.54, 1.807) is 4.57 Å². The minimum absolute atomic E-state index is 0. The van der Waals surface area contributed by atoms with Gasteiger partial charge in [0.05, 0.1) is 30.1 Å². The van der Waals surface area contributed by atoms with Gasteiger partial charge in [0, 0.05) is 68.3 Å². The molecule has 2 aromatic rings. The minimum atomic E-state index is -5.06. The maximum absolute atomic E-state index is 14.4. The molecule has 6 aliphatic rings. The quantitative estimate of drug-likeness (QED) is 0.0563. The summed E-state index contributed by atoms with van der Waals surface area (Å²) in [4.78, 5) is 109. The molecule has 6 aliphatic heterocycles. The van der Waals surface area contributed by atoms with Crippen LogP contribution >= 0.6 is 7.82 Å². The average molecular weight is 1330 g/mol. The van der Waals surface area contributed by atoms with Gasteiger partial charge in [-0.25, -0.2) is 9.55 Å². The number of nitrogens with zero attached hydrogens (tertiary/aromatic N) is 6. The van der Waals surface area contributed by atoms with Crippen LogP contribution in [0.3, 0.4) is 0 Å². The Labute approximate surface area is 541 Å². The zero-order chi connectivity index (χ0) is 66.7. The summed E-state index contributed by atoms with van der Waals surface area (Å²) >= 11 is 0. The number of aryl methyl sites for hydroxylation is 2. The van der Waals surface area contributed by atoms with Crippen molar-refractivity contribution in [3.63, 3.8) is 0 Å². The van der Waals surface area contributed by atoms with Gasteiger partial charge in [-0.1, -0.05) is 53.6 Å². The Bertz CT molecular complexity index is 3340. The van der Waals surface area contributed by atoms with Crippen molar-refractivity contribution in [3.8, 4) is 0 Å². The van der Waals surface area contributed by atoms with Crippen molar-refractivity contribution in [2.24, 2.45) is 79.7 Å². The van der Waals surface area contributed by atoms with Crippen LogP contribution in [0.1, 0.15) is 150 Å². The Balaban J connectivity index is 0.0000118. The maximum atomic E-state index is 14.4. The first-order chi connectivity index (χ1) is 41.8. The summed E-state index contributed by atoms with van der Waals surface area (Å²) in [6, 6.07) is 0.417. The smallest absolute Gasteiger partial charge is 0.472 e. The molecule has 507 valence electrons. The predicted molar refractivity (Wildman–Crippen MR) is 333 cm³/mol. The second-order valence-corrected chi connectivity index (χ2v) is 28.9. The molecule has 1 radical (unpaired) electrons. The third-order valence-electron chi connectivity index (χ3n) is 21.2. The number of imidazole rings is 1. The molecule has 5 saturated heterocycles. The minimum Gasteiger partial charge on any atom is -0.685 e. The number of allylic oxidation sites excluding steroid dienone is 3. The zero-order valence-corrected chi connectivity index (χ0v) is 55.7. The van der Waals surface area contributed by atoms with Gasteiger partial charge in [-0.3, -0.25) is 42.6 Å². The number of carbonyl (C=O) groups excluding carboxylic acids is 7. The third-order valence-corrected chi connectivity index (χ3v) is 22.3. The molecule has 27 nitrogen and oxygen atoms in total. The van der Waals surface area contributed by atoms with Crippen LogP contribution in [0.2, 0.25) is 0 Å². The number of ether oxygens (including phenoxy) is 1. The van der Waals surface area contributed by atoms with E-state index in [1.807, 2.05) is 87.4 Å². The molecule has 5 fully saturated rings. The van der Waals surface area contributed by atoms with Gasteiger partial charge in [0.2, 0.25) is 41.4 Å². The van der Waals surface area contributed by atoms with Gasteiger partial charge in [0.15, 0.2) is 6.23 Å². The fraction of sp³-hybridized carbons (Fsp3) is 0.677. The third kappa shape index (κ3) is 14.0. The zero-order valence-electron chi connectivity index (χ0n) is 53.8. The first-order valence-corrected chi connectivity index (χ1v) is 32.4. The molecule has 1 aromatic carbocycles. The molecule has 1 aromatic heterocycles. The summed E-state index contributed by atoms with van der Waals surface area (Å²) in [7, 11) is -5.06. The summed E-state index contributed by atoms with van der Waals surface area (Å²) in [6.07, 6.45) is -3.96. The molecule has 8 bridgehead atoms. The van der Waals surface area contributed by atoms with Crippen LogP contribution < -0.4 is 39.7 Å². The number of nitrogens with one attached hydrogen (secondary N) is 1. The summed E-state index contributed by atoms with van der Waals surface area (Å²) in [5.41, 5.74) is 36.2. The van der Waals surface area contributed by atoms with Crippen molar-refractivity contribution in [2.75, 3.05) is 13.2 Å². The van der Waals surface area contributed by atoms with Crippen molar-refractivity contribution < 1.29 is 83.8 Å². The van der Waals surface area contributed by atoms with Crippen LogP contribution in [-0.4, -0.2) is 133 Å². The Kier molecular flexibility index (Phi) is 21.7. The number of nitrogens with two attached hydrogens (primary N) is 6. The van der Waals surface area contributed by atoms with Gasteiger partial charge < -0.3 is 85.4 Å². The molecular formula is C62H92CoN13O14P-4. The molecule has 7 amide bonds. The Morgan fingerprint density at radius 2 is 1.32 bits per heavy atom. The van der Waals surface area contributed by atoms with Gasteiger partial charge in [0.25, 0.3) is 0 Å². The van der Waals surface area contributed by atoms with Crippen LogP contribution in [0, 0.1) is 59.2 Å². The molecule has 16 N–H and O–H groups in total. The van der Waals surface area contributed by atoms with Gasteiger partial charge >= 0.3 is 7.82 Å². The first-order valence-electron chi connectivity index (χ1n) is 30.9. The SMILES string of the molecule is C/C1=C2/[N-][C@H]([C@H](CC(N)=O)[C@@]2(C)CCC(=O)NC[C@@H](C)OP(=O)(O)O[C@H]2[C@@H](O)[C@@H](n3cnc4cc(C)c(C)cc43)O[C@@H]2CO)[C@]2(C)[N-][C@@H](/C(C)=C3\[N-]C(/C=C4\[N-][C@H]1[C@@H](CCC(N)=O)C4(C)C)[C@@H](CCC(N)=O)[C@]3(C)CC(N)=O)[C@@H](CCC(N)=O)[C@]2(C)CC(N)=O.[Co]. The van der Waals surface area contributed by atoms with Crippen LogP contribution in [0.15, 0.2) is 52.8 Å². The number of primary amides is 6. The van der Waals surface area contributed by atoms with Gasteiger partial charge in [-0.15, -0.1) is 34.8 Å². The number of rotatable bonds is 26. The summed E-state index contributed by atoms with van der Waals surface area (Å²) < 4.78 is 32.3. The molecule has 91 heavy (non-hydrogen) atoms. The van der Waals surface area contributed by atoms with Crippen molar-refractivity contribution in [3.05, 3.63) is 85.2 Å². The van der Waals surface area contributed by atoms with E-state index in [0.29, 0.717) is 39.3 Å². The van der Waals surface area contributed by atoms with Crippen molar-refractivity contribution in [1.82, 2.24) is 14.9 Å². The fourth-order valence-electron chi connectivity index (χ4n) is 16.1. The first kappa shape index (κ1) is 72.5. The standard InChI is InChI=1S/C62H92N13O14P.Co/c1-29-20-39-40(21-30(29)2)75(28-70-39)57-52(84)53(41(27-76)87-57)89-90(85,86)88-31(3)26-69-49(83)18-19-59(8)37(22-46(66)80)56-62(11)61(10,25-48(68)82)36(14-17-45(65)79)51(74-62)33(5)55-60(9,24-47(67)81)34(12-15-43(63)77)38(71-55)23-42-58(6,7)35(13-16-44(64)78)50(72-42)32(4)54(59)73-56;/h20-21,23,28,31,34-38,41,50-53,56-57,76,84H,12-19,22,24-27H2,1-11H3,(H2,63,77)(H2,64,78)(H2,65,79)(H2,66,80)(H2,67,81)(H2,68,82)(H,69,83)(H,85,86);/q-4;/b42-23-,54-32-,55-33-;/t31-,34-,35-,36-,37+,38?,41-,50-,51+,52-,53-,56-,57+,59-,60+,61+,62+;/m1./s1. The summed E-state index contributed by atoms with van der Waals surface area (Å²) in [5.74, 6) is -6.86. The summed E-state index contributed by atoms with van der Waals surface area (Å²) in [5, 5.41) is 46.9. The number of phosphoric ester groups is 1. The van der Waals surface area contributed by atoms with E-state index < -0.39 is 161 Å². The Morgan fingerprint density at radius 3 is 1.90 bits per heavy atom. The fourth-order valence-corrected chi connectivity index (χ4v) is 17.3. The number of aliphatic hydroxyl groups excluding tert-OH is 2. The molecule has 0 spiro atoms. The molecule has 8 rings (SSSR count). The van der Waals surface area contributed by atoms with Crippen molar-refractivity contribution >= 4 is 60.2 Å². The number of hydrogen-bond acceptors (Lipinski definition) is 14. The van der Waals surface area contributed by atoms with Crippen LogP contribution in [-0.2, 0) is 68.7 Å². The van der Waals surface area contributed by atoms with E-state index in [2.05, 4.69) is 10.3 Å². The molecule has 7 heterocycles. The van der Waals surface area contributed by atoms with Crippen molar-refractivity contribution in [1.29, 1.82) is 0 Å². The average Bonchev–Trinajstić information content (AvgIpc) is 1.53. The second kappa shape index (κ2) is 27.2. The molecule has 29 heteroatoms. The van der Waals surface area contributed by atoms with E-state index in [-0.39, 0.29) is 94.0 Å². The number of aliphatic hydroxyl groups is 2. The molecule has 0 aliphatic carbocycles. The number of hydrogen-bond donors (Lipinski definition) is 10. The number of phosphoric acid groups is 1. The maximum Gasteiger partial charge on any atom is 0.472 e. The molecule has 0 saturated carbocycles. The normalized spacial score (nSPS) is 36.3. The predicted octanol–water partition coefficient (Wildman–Crippen LogP) is 4.85. The van der Waals surface area contributed by atoms with Crippen molar-refractivity contribution in [2.45, 2.75) is 207 Å². The van der Waals surface area contributed by atoms with E-state index in [1.165, 1.54) is 13.3 Å². The van der Waals surface area contributed by atoms with Gasteiger partial charge in [-0.2, -0.15) is 17.1 Å². The Hall–Kier alpha value is -5.94. The van der Waals surface area contributed by atoms with E-state index in [4.69, 9.17) is 69.5 Å². The van der Waals surface area contributed by atoms with Crippen LogP contribution in [0.25, 0.3) is 32.3 Å². The number of benzene rings is 1. The summed E-state index contributed by atoms with van der Waals surface area (Å²) in [6.45, 7) is 19.5. The van der Waals surface area contributed by atoms with Gasteiger partial charge in [0.1, 0.15) is 18.3 Å². The number of aromatic nitrogens is 2. The molecule has 18 atom stereocenters. The number of amides is 7. The van der Waals surface area contributed by atoms with E-state index >= 15 is 0 Å².